The Bertz CT molecular complexity index is 1780. The number of aromatic nitrogens is 1. The number of carbonyl (C=O) groups is 1. The number of methoxy groups -OCH3 is 1. The van der Waals surface area contributed by atoms with Crippen LogP contribution in [0.25, 0.3) is 0 Å². The van der Waals surface area contributed by atoms with Gasteiger partial charge in [0.05, 0.1) is 0 Å². The molecular formula is C42H58N6O2W4-4. The molecule has 1 amide bonds. The van der Waals surface area contributed by atoms with Gasteiger partial charge in [-0.3, -0.25) is 0 Å². The molecule has 1 aromatic heterocycles. The topological polar surface area (TPSA) is 107 Å². The second-order valence-electron chi connectivity index (χ2n) is 13.4. The van der Waals surface area contributed by atoms with E-state index in [-0.39, 0.29) is 0 Å². The molecule has 8 nitrogen and oxygen atoms in total. The predicted octanol–water partition coefficient (Wildman–Crippen LogP) is 8.22. The minimum absolute atomic E-state index is 0.350. The van der Waals surface area contributed by atoms with Crippen molar-refractivity contribution in [1.29, 1.82) is 0 Å². The molecule has 0 aliphatic carbocycles. The van der Waals surface area contributed by atoms with Crippen molar-refractivity contribution in [2.75, 3.05) is 7.11 Å². The van der Waals surface area contributed by atoms with Crippen LogP contribution >= 0.6 is 0 Å². The molecule has 0 fully saturated rings. The van der Waals surface area contributed by atoms with Gasteiger partial charge in [0.25, 0.3) is 0 Å². The van der Waals surface area contributed by atoms with Crippen LogP contribution in [-0.2, 0) is 84.5 Å². The molecule has 0 radical (unpaired) electrons. The van der Waals surface area contributed by atoms with E-state index in [2.05, 4.69) is 99.9 Å². The number of allylic oxidation sites excluding steroid dienone is 4. The zero-order valence-electron chi connectivity index (χ0n) is 34.6. The first kappa shape index (κ1) is 54.3. The molecule has 2 N–H and O–H groups in total. The van der Waals surface area contributed by atoms with Gasteiger partial charge in [0.15, 0.2) is 0 Å². The van der Waals surface area contributed by atoms with E-state index in [0.29, 0.717) is 40.7 Å². The van der Waals surface area contributed by atoms with Gasteiger partial charge in [-0.1, -0.05) is 0 Å². The Balaban J connectivity index is 0. The summed E-state index contributed by atoms with van der Waals surface area (Å²) in [5.41, 5.74) is 12.8. The van der Waals surface area contributed by atoms with Gasteiger partial charge in [0, 0.05) is 0 Å². The number of nitrogens with zero attached hydrogens (tertiary/aromatic N) is 5. The zero-order valence-corrected chi connectivity index (χ0v) is 46.3. The molecule has 2 rings (SSSR count). The number of rotatable bonds is 14. The summed E-state index contributed by atoms with van der Waals surface area (Å²) in [5, 5.41) is 0. The number of amides is 1. The summed E-state index contributed by atoms with van der Waals surface area (Å²) >= 11 is 5.73. The Kier molecular flexibility index (Phi) is 27.8. The van der Waals surface area contributed by atoms with Crippen LogP contribution < -0.4 is 10.5 Å². The van der Waals surface area contributed by atoms with Crippen molar-refractivity contribution in [3.63, 3.8) is 0 Å². The molecule has 2 aromatic rings. The molecule has 0 spiro atoms. The number of hydrogen-bond acceptors (Lipinski definition) is 6. The number of primary amides is 1. The molecule has 12 heteroatoms. The average molecular weight is 1410 g/mol. The molecule has 0 saturated carbocycles. The van der Waals surface area contributed by atoms with Gasteiger partial charge in [-0.2, -0.15) is 0 Å². The fraction of sp³-hybridized carbons (Fsp3) is 0.452. The number of nitrogens with two attached hydrogens (primary N) is 1. The van der Waals surface area contributed by atoms with E-state index in [1.54, 1.807) is 12.3 Å². The van der Waals surface area contributed by atoms with Gasteiger partial charge in [-0.15, -0.1) is 0 Å². The normalized spacial score (nSPS) is 11.1. The third-order valence-electron chi connectivity index (χ3n) is 7.64. The summed E-state index contributed by atoms with van der Waals surface area (Å²) in [6.07, 6.45) is 8.83. The fourth-order valence-electron chi connectivity index (χ4n) is 4.39. The fourth-order valence-corrected chi connectivity index (χ4v) is 7.02. The summed E-state index contributed by atoms with van der Waals surface area (Å²) in [4.78, 5) is 27.0. The van der Waals surface area contributed by atoms with Gasteiger partial charge in [-0.05, 0) is 0 Å². The van der Waals surface area contributed by atoms with E-state index in [9.17, 15) is 4.79 Å². The molecule has 0 aliphatic rings. The maximum atomic E-state index is 11.6. The van der Waals surface area contributed by atoms with Crippen molar-refractivity contribution < 1.29 is 86.9 Å². The van der Waals surface area contributed by atoms with E-state index in [1.165, 1.54) is 113 Å². The number of hydrogen-bond donors (Lipinski definition) is 1. The summed E-state index contributed by atoms with van der Waals surface area (Å²) in [6, 6.07) is 1.66. The number of carbonyl (C=O) groups excluding carboxylic acids is 1. The van der Waals surface area contributed by atoms with Crippen LogP contribution in [0.3, 0.4) is 0 Å². The van der Waals surface area contributed by atoms with Crippen molar-refractivity contribution in [2.45, 2.75) is 90.0 Å². The Morgan fingerprint density at radius 1 is 0.852 bits per heavy atom. The first-order chi connectivity index (χ1) is 25.0. The van der Waals surface area contributed by atoms with E-state index in [1.807, 2.05) is 40.0 Å². The zero-order chi connectivity index (χ0) is 42.6. The Morgan fingerprint density at radius 3 is 1.74 bits per heavy atom. The van der Waals surface area contributed by atoms with E-state index >= 15 is 0 Å². The van der Waals surface area contributed by atoms with Crippen molar-refractivity contribution in [2.24, 2.45) is 56.4 Å². The second kappa shape index (κ2) is 27.7. The SMILES string of the molecule is C[C](=[W])N=CC=[C-]C(C)C.[CH-]=NC(C)=C[C](=[W])C(C)C.[CH-]=Nc1c([C](=[W])C(C)C)c(C)c(C)n1C.[CH-]=Nc1cc(OC)c(C(N)=O)c(C)c1[C](=[W])C(C)C. The average Bonchev–Trinajstić information content (AvgIpc) is 3.31. The van der Waals surface area contributed by atoms with E-state index in [4.69, 9.17) is 30.6 Å². The number of aliphatic imine (C=N–C) groups is 4. The van der Waals surface area contributed by atoms with Crippen LogP contribution in [0.1, 0.15) is 108 Å². The third-order valence-corrected chi connectivity index (χ3v) is 15.0. The Hall–Kier alpha value is -1.84. The van der Waals surface area contributed by atoms with E-state index < -0.39 is 5.91 Å². The van der Waals surface area contributed by atoms with Gasteiger partial charge < -0.3 is 0 Å². The molecular weight excluding hydrogens is 1360 g/mol. The van der Waals surface area contributed by atoms with Crippen LogP contribution in [-0.4, -0.2) is 59.7 Å². The quantitative estimate of drug-likeness (QED) is 0.152. The summed E-state index contributed by atoms with van der Waals surface area (Å²) in [5.74, 6) is 2.82. The van der Waals surface area contributed by atoms with Crippen LogP contribution in [0.4, 0.5) is 11.5 Å². The molecule has 1 aromatic carbocycles. The molecule has 296 valence electrons. The molecule has 0 saturated heterocycles. The minimum atomic E-state index is -0.509. The van der Waals surface area contributed by atoms with Gasteiger partial charge in [0.2, 0.25) is 0 Å². The number of ether oxygens (including phenoxy) is 1. The number of benzene rings is 1. The van der Waals surface area contributed by atoms with Crippen LogP contribution in [0.15, 0.2) is 43.9 Å². The Labute approximate surface area is 370 Å². The van der Waals surface area contributed by atoms with Crippen molar-refractivity contribution in [1.82, 2.24) is 4.57 Å². The summed E-state index contributed by atoms with van der Waals surface area (Å²) in [6.45, 7) is 43.2. The first-order valence-corrected chi connectivity index (χ1v) is 23.2. The summed E-state index contributed by atoms with van der Waals surface area (Å²) < 4.78 is 12.4. The van der Waals surface area contributed by atoms with Gasteiger partial charge in [-0.25, -0.2) is 0 Å². The van der Waals surface area contributed by atoms with Crippen LogP contribution in [0.5, 0.6) is 5.75 Å². The molecule has 0 bridgehead atoms. The van der Waals surface area contributed by atoms with Gasteiger partial charge in [0.1, 0.15) is 0 Å². The molecule has 0 atom stereocenters. The van der Waals surface area contributed by atoms with Crippen molar-refractivity contribution in [3.05, 3.63) is 63.5 Å². The Morgan fingerprint density at radius 2 is 1.37 bits per heavy atom. The molecule has 1 heterocycles. The summed E-state index contributed by atoms with van der Waals surface area (Å²) in [7, 11) is 3.51. The van der Waals surface area contributed by atoms with Crippen molar-refractivity contribution in [3.8, 4) is 5.75 Å². The van der Waals surface area contributed by atoms with E-state index in [0.717, 1.165) is 26.7 Å². The standard InChI is InChI=1S/C14H17N2O2.C12H17N2.2C8H12N.4W/c1-8(2)6-10-9(3)13(14(15)17)12(18-5)7-11(10)16-4;1-8(2)7-11-9(3)10(4)14(6)12(11)13-5;1-7(2)5-6-8(3)9-4;1-4-9-7-5-6-8(2)3;;;;/h4,7-8H,1-3,5H3,(H2,15,17);5,8H,1-4,6H3;4,6-7H,1-3H3;5,7-8H,1-3H3;;;;/q4*-1;;;;. The second-order valence-corrected chi connectivity index (χ2v) is 20.3. The molecule has 0 aliphatic heterocycles. The molecule has 54 heavy (non-hydrogen) atoms. The van der Waals surface area contributed by atoms with Crippen LogP contribution in [0, 0.1) is 50.5 Å². The maximum absolute atomic E-state index is 11.6. The first-order valence-electron chi connectivity index (χ1n) is 17.3. The molecule has 0 unspecified atom stereocenters. The monoisotopic (exact) mass is 1410 g/mol. The van der Waals surface area contributed by atoms with Crippen molar-refractivity contribution >= 4 is 59.5 Å². The van der Waals surface area contributed by atoms with Crippen LogP contribution in [0.2, 0.25) is 0 Å². The van der Waals surface area contributed by atoms with Gasteiger partial charge >= 0.3 is 374 Å². The predicted molar refractivity (Wildman–Crippen MR) is 219 cm³/mol. The third kappa shape index (κ3) is 18.4.